The van der Waals surface area contributed by atoms with Gasteiger partial charge < -0.3 is 5.32 Å². The summed E-state index contributed by atoms with van der Waals surface area (Å²) < 4.78 is 13.7. The van der Waals surface area contributed by atoms with E-state index in [4.69, 9.17) is 0 Å². The van der Waals surface area contributed by atoms with Crippen molar-refractivity contribution in [2.75, 3.05) is 5.32 Å². The van der Waals surface area contributed by atoms with Crippen LogP contribution in [0.15, 0.2) is 53.0 Å². The van der Waals surface area contributed by atoms with Crippen molar-refractivity contribution in [3.63, 3.8) is 0 Å². The van der Waals surface area contributed by atoms with Gasteiger partial charge in [-0.05, 0) is 41.6 Å². The van der Waals surface area contributed by atoms with Crippen molar-refractivity contribution in [1.29, 1.82) is 0 Å². The summed E-state index contributed by atoms with van der Waals surface area (Å²) in [6.45, 7) is -0.0885. The molecule has 0 saturated carbocycles. The van der Waals surface area contributed by atoms with E-state index >= 15 is 0 Å². The van der Waals surface area contributed by atoms with Crippen molar-refractivity contribution in [1.82, 2.24) is 20.2 Å². The van der Waals surface area contributed by atoms with Gasteiger partial charge in [0.25, 0.3) is 0 Å². The molecule has 0 radical (unpaired) electrons. The maximum atomic E-state index is 12.8. The minimum Gasteiger partial charge on any atom is -0.324 e. The van der Waals surface area contributed by atoms with E-state index < -0.39 is 0 Å². The van der Waals surface area contributed by atoms with Crippen LogP contribution in [0.4, 0.5) is 10.1 Å². The average molecular weight is 376 g/mol. The molecule has 0 aliphatic heterocycles. The number of carbonyl (C=O) groups is 1. The summed E-state index contributed by atoms with van der Waals surface area (Å²) in [7, 11) is 0. The predicted molar refractivity (Wildman–Crippen MR) is 86.0 cm³/mol. The van der Waals surface area contributed by atoms with Crippen LogP contribution in [0.1, 0.15) is 0 Å². The van der Waals surface area contributed by atoms with E-state index in [1.165, 1.54) is 29.1 Å². The summed E-state index contributed by atoms with van der Waals surface area (Å²) in [5.74, 6) is -0.265. The Hall–Kier alpha value is -2.61. The SMILES string of the molecule is O=C(Cn1nnc(-c2ccccc2Br)n1)Nc1ccc(F)cc1. The lowest BCUT2D eigenvalue weighted by Gasteiger charge is -2.03. The number of hydrogen-bond acceptors (Lipinski definition) is 4. The lowest BCUT2D eigenvalue weighted by molar-refractivity contribution is -0.117. The van der Waals surface area contributed by atoms with Crippen LogP contribution in [0, 0.1) is 5.82 Å². The summed E-state index contributed by atoms with van der Waals surface area (Å²) in [5, 5.41) is 14.6. The van der Waals surface area contributed by atoms with E-state index in [0.29, 0.717) is 11.5 Å². The molecule has 1 heterocycles. The second-order valence-corrected chi connectivity index (χ2v) is 5.53. The number of carbonyl (C=O) groups excluding carboxylic acids is 1. The molecule has 0 atom stereocenters. The zero-order valence-corrected chi connectivity index (χ0v) is 13.4. The van der Waals surface area contributed by atoms with Crippen molar-refractivity contribution in [2.24, 2.45) is 0 Å². The number of aromatic nitrogens is 4. The number of tetrazole rings is 1. The smallest absolute Gasteiger partial charge is 0.248 e. The lowest BCUT2D eigenvalue weighted by atomic mass is 10.2. The van der Waals surface area contributed by atoms with Gasteiger partial charge in [-0.25, -0.2) is 4.39 Å². The van der Waals surface area contributed by atoms with E-state index in [0.717, 1.165) is 10.0 Å². The fraction of sp³-hybridized carbons (Fsp3) is 0.0667. The fourth-order valence-corrected chi connectivity index (χ4v) is 2.38. The summed E-state index contributed by atoms with van der Waals surface area (Å²) in [6.07, 6.45) is 0. The van der Waals surface area contributed by atoms with Gasteiger partial charge in [-0.1, -0.05) is 28.1 Å². The van der Waals surface area contributed by atoms with Crippen molar-refractivity contribution in [3.8, 4) is 11.4 Å². The van der Waals surface area contributed by atoms with Crippen molar-refractivity contribution in [2.45, 2.75) is 6.54 Å². The van der Waals surface area contributed by atoms with E-state index in [1.54, 1.807) is 0 Å². The predicted octanol–water partition coefficient (Wildman–Crippen LogP) is 2.88. The van der Waals surface area contributed by atoms with Crippen LogP contribution in [0.2, 0.25) is 0 Å². The van der Waals surface area contributed by atoms with E-state index in [-0.39, 0.29) is 18.3 Å². The van der Waals surface area contributed by atoms with Gasteiger partial charge in [0.2, 0.25) is 11.7 Å². The van der Waals surface area contributed by atoms with Crippen LogP contribution in [0.5, 0.6) is 0 Å². The van der Waals surface area contributed by atoms with Gasteiger partial charge in [0.15, 0.2) is 0 Å². The molecule has 1 N–H and O–H groups in total. The van der Waals surface area contributed by atoms with Gasteiger partial charge in [-0.15, -0.1) is 10.2 Å². The number of benzene rings is 2. The lowest BCUT2D eigenvalue weighted by Crippen LogP contribution is -2.20. The van der Waals surface area contributed by atoms with Gasteiger partial charge in [0.05, 0.1) is 0 Å². The Morgan fingerprint density at radius 2 is 1.91 bits per heavy atom. The van der Waals surface area contributed by atoms with Gasteiger partial charge in [-0.2, -0.15) is 4.80 Å². The molecule has 0 saturated heterocycles. The largest absolute Gasteiger partial charge is 0.324 e. The third-order valence-electron chi connectivity index (χ3n) is 2.98. The third kappa shape index (κ3) is 3.78. The van der Waals surface area contributed by atoms with Crippen molar-refractivity contribution < 1.29 is 9.18 Å². The molecule has 0 aliphatic carbocycles. The highest BCUT2D eigenvalue weighted by molar-refractivity contribution is 9.10. The second kappa shape index (κ2) is 6.66. The van der Waals surface area contributed by atoms with Gasteiger partial charge >= 0.3 is 0 Å². The Balaban J connectivity index is 1.68. The first kappa shape index (κ1) is 15.3. The summed E-state index contributed by atoms with van der Waals surface area (Å²) in [4.78, 5) is 13.1. The zero-order valence-electron chi connectivity index (χ0n) is 11.8. The molecule has 2 aromatic carbocycles. The van der Waals surface area contributed by atoms with Gasteiger partial charge in [0.1, 0.15) is 12.4 Å². The monoisotopic (exact) mass is 375 g/mol. The van der Waals surface area contributed by atoms with E-state index in [9.17, 15) is 9.18 Å². The van der Waals surface area contributed by atoms with Crippen LogP contribution < -0.4 is 5.32 Å². The quantitative estimate of drug-likeness (QED) is 0.760. The minimum absolute atomic E-state index is 0.0885. The first-order valence-corrected chi connectivity index (χ1v) is 7.49. The number of nitrogens with one attached hydrogen (secondary N) is 1. The Morgan fingerprint density at radius 1 is 1.17 bits per heavy atom. The molecule has 0 fully saturated rings. The first-order chi connectivity index (χ1) is 11.1. The minimum atomic E-state index is -0.362. The first-order valence-electron chi connectivity index (χ1n) is 6.70. The molecule has 23 heavy (non-hydrogen) atoms. The van der Waals surface area contributed by atoms with Gasteiger partial charge in [-0.3, -0.25) is 4.79 Å². The van der Waals surface area contributed by atoms with E-state index in [1.807, 2.05) is 24.3 Å². The zero-order chi connectivity index (χ0) is 16.2. The molecule has 3 rings (SSSR count). The number of hydrogen-bond donors (Lipinski definition) is 1. The molecule has 0 bridgehead atoms. The third-order valence-corrected chi connectivity index (χ3v) is 3.67. The molecule has 1 amide bonds. The standard InChI is InChI=1S/C15H11BrFN5O/c16-13-4-2-1-3-12(13)15-19-21-22(20-15)9-14(23)18-11-7-5-10(17)6-8-11/h1-8H,9H2,(H,18,23). The maximum absolute atomic E-state index is 12.8. The molecule has 0 spiro atoms. The molecular weight excluding hydrogens is 365 g/mol. The van der Waals surface area contributed by atoms with Crippen LogP contribution in [0.3, 0.4) is 0 Å². The summed E-state index contributed by atoms with van der Waals surface area (Å²) >= 11 is 3.42. The van der Waals surface area contributed by atoms with Gasteiger partial charge in [0, 0.05) is 15.7 Å². The molecule has 0 aliphatic rings. The molecule has 3 aromatic rings. The fourth-order valence-electron chi connectivity index (χ4n) is 1.92. The Morgan fingerprint density at radius 3 is 2.65 bits per heavy atom. The highest BCUT2D eigenvalue weighted by Crippen LogP contribution is 2.24. The highest BCUT2D eigenvalue weighted by Gasteiger charge is 2.11. The number of halogens is 2. The van der Waals surface area contributed by atoms with Crippen molar-refractivity contribution in [3.05, 3.63) is 58.8 Å². The number of amides is 1. The maximum Gasteiger partial charge on any atom is 0.248 e. The number of anilines is 1. The molecule has 0 unspecified atom stereocenters. The number of rotatable bonds is 4. The van der Waals surface area contributed by atoms with Crippen LogP contribution >= 0.6 is 15.9 Å². The van der Waals surface area contributed by atoms with Crippen LogP contribution in [0.25, 0.3) is 11.4 Å². The highest BCUT2D eigenvalue weighted by atomic mass is 79.9. The van der Waals surface area contributed by atoms with Crippen LogP contribution in [-0.4, -0.2) is 26.1 Å². The topological polar surface area (TPSA) is 72.7 Å². The Bertz CT molecular complexity index is 834. The normalized spacial score (nSPS) is 10.5. The molecule has 116 valence electrons. The molecular formula is C15H11BrFN5O. The Kier molecular flexibility index (Phi) is 4.42. The van der Waals surface area contributed by atoms with E-state index in [2.05, 4.69) is 36.7 Å². The van der Waals surface area contributed by atoms with Crippen LogP contribution in [-0.2, 0) is 11.3 Å². The average Bonchev–Trinajstić information content (AvgIpc) is 2.98. The van der Waals surface area contributed by atoms with Crippen molar-refractivity contribution >= 4 is 27.5 Å². The summed E-state index contributed by atoms with van der Waals surface area (Å²) in [5.41, 5.74) is 1.29. The molecule has 8 heteroatoms. The molecule has 6 nitrogen and oxygen atoms in total. The number of nitrogens with zero attached hydrogens (tertiary/aromatic N) is 4. The molecule has 1 aromatic heterocycles. The second-order valence-electron chi connectivity index (χ2n) is 4.68. The summed E-state index contributed by atoms with van der Waals surface area (Å²) in [6, 6.07) is 13.0. The Labute approximate surface area is 139 Å².